The third kappa shape index (κ3) is 3.06. The highest BCUT2D eigenvalue weighted by molar-refractivity contribution is 4.99. The van der Waals surface area contributed by atoms with E-state index in [-0.39, 0.29) is 0 Å². The van der Waals surface area contributed by atoms with Crippen molar-refractivity contribution in [2.45, 2.75) is 51.6 Å². The Morgan fingerprint density at radius 3 is 2.56 bits per heavy atom. The number of nitrogens with one attached hydrogen (secondary N) is 1. The Hall–Kier alpha value is -0.120. The lowest BCUT2D eigenvalue weighted by Gasteiger charge is -2.35. The molecule has 1 heterocycles. The monoisotopic (exact) mass is 253 g/mol. The van der Waals surface area contributed by atoms with Gasteiger partial charge in [0.15, 0.2) is 0 Å². The van der Waals surface area contributed by atoms with Crippen LogP contribution >= 0.6 is 0 Å². The van der Waals surface area contributed by atoms with Crippen molar-refractivity contribution in [1.29, 1.82) is 0 Å². The molecule has 1 saturated carbocycles. The van der Waals surface area contributed by atoms with Gasteiger partial charge < -0.3 is 15.1 Å². The number of rotatable bonds is 5. The zero-order valence-electron chi connectivity index (χ0n) is 12.7. The summed E-state index contributed by atoms with van der Waals surface area (Å²) in [5.41, 5.74) is 0.446. The normalized spacial score (nSPS) is 32.5. The molecule has 3 nitrogen and oxygen atoms in total. The van der Waals surface area contributed by atoms with E-state index in [2.05, 4.69) is 43.1 Å². The van der Waals surface area contributed by atoms with Crippen LogP contribution in [0.4, 0.5) is 0 Å². The summed E-state index contributed by atoms with van der Waals surface area (Å²) in [5.74, 6) is 0. The minimum Gasteiger partial charge on any atom is -0.315 e. The average molecular weight is 253 g/mol. The average Bonchev–Trinajstić information content (AvgIpc) is 2.92. The maximum absolute atomic E-state index is 3.56. The molecule has 18 heavy (non-hydrogen) atoms. The smallest absolute Gasteiger partial charge is 0.0271 e. The van der Waals surface area contributed by atoms with Gasteiger partial charge >= 0.3 is 0 Å². The first-order valence-electron chi connectivity index (χ1n) is 7.64. The minimum absolute atomic E-state index is 0.446. The fourth-order valence-electron chi connectivity index (χ4n) is 3.89. The first-order valence-corrected chi connectivity index (χ1v) is 7.64. The van der Waals surface area contributed by atoms with Crippen LogP contribution in [-0.2, 0) is 0 Å². The van der Waals surface area contributed by atoms with E-state index in [0.717, 1.165) is 0 Å². The zero-order chi connectivity index (χ0) is 13.2. The van der Waals surface area contributed by atoms with Crippen LogP contribution in [0, 0.1) is 5.41 Å². The Morgan fingerprint density at radius 2 is 1.94 bits per heavy atom. The van der Waals surface area contributed by atoms with Gasteiger partial charge in [0.2, 0.25) is 0 Å². The van der Waals surface area contributed by atoms with Crippen LogP contribution in [-0.4, -0.2) is 62.2 Å². The Morgan fingerprint density at radius 1 is 1.28 bits per heavy atom. The first-order chi connectivity index (χ1) is 8.54. The van der Waals surface area contributed by atoms with E-state index in [1.165, 1.54) is 51.9 Å². The van der Waals surface area contributed by atoms with Gasteiger partial charge in [0.05, 0.1) is 0 Å². The van der Waals surface area contributed by atoms with E-state index in [0.29, 0.717) is 17.5 Å². The molecule has 106 valence electrons. The summed E-state index contributed by atoms with van der Waals surface area (Å²) in [6.07, 6.45) is 5.49. The molecule has 2 fully saturated rings. The number of hydrogen-bond donors (Lipinski definition) is 1. The molecular formula is C15H31N3. The molecule has 0 radical (unpaired) electrons. The summed E-state index contributed by atoms with van der Waals surface area (Å²) >= 11 is 0. The van der Waals surface area contributed by atoms with Crippen LogP contribution in [0.15, 0.2) is 0 Å². The lowest BCUT2D eigenvalue weighted by Crippen LogP contribution is -2.50. The molecule has 0 amide bonds. The highest BCUT2D eigenvalue weighted by Gasteiger charge is 2.42. The molecule has 0 aromatic heterocycles. The Labute approximate surface area is 113 Å². The molecule has 2 unspecified atom stereocenters. The van der Waals surface area contributed by atoms with Crippen molar-refractivity contribution in [3.8, 4) is 0 Å². The summed E-state index contributed by atoms with van der Waals surface area (Å²) < 4.78 is 0. The second kappa shape index (κ2) is 5.89. The number of likely N-dealkylation sites (tertiary alicyclic amines) is 1. The first kappa shape index (κ1) is 14.3. The van der Waals surface area contributed by atoms with Crippen molar-refractivity contribution in [2.24, 2.45) is 5.41 Å². The van der Waals surface area contributed by atoms with Crippen LogP contribution < -0.4 is 5.32 Å². The van der Waals surface area contributed by atoms with Gasteiger partial charge in [-0.15, -0.1) is 0 Å². The summed E-state index contributed by atoms with van der Waals surface area (Å²) in [6, 6.07) is 1.36. The molecule has 0 aromatic carbocycles. The second-order valence-corrected chi connectivity index (χ2v) is 6.89. The van der Waals surface area contributed by atoms with E-state index >= 15 is 0 Å². The van der Waals surface area contributed by atoms with Crippen molar-refractivity contribution in [3.05, 3.63) is 0 Å². The fourth-order valence-corrected chi connectivity index (χ4v) is 3.89. The summed E-state index contributed by atoms with van der Waals surface area (Å²) in [5, 5.41) is 3.56. The van der Waals surface area contributed by atoms with Gasteiger partial charge in [-0.2, -0.15) is 0 Å². The van der Waals surface area contributed by atoms with Gasteiger partial charge in [0.1, 0.15) is 0 Å². The Kier molecular flexibility index (Phi) is 4.68. The Bertz CT molecular complexity index is 258. The summed E-state index contributed by atoms with van der Waals surface area (Å²) in [7, 11) is 4.44. The topological polar surface area (TPSA) is 18.5 Å². The van der Waals surface area contributed by atoms with Crippen molar-refractivity contribution in [1.82, 2.24) is 15.1 Å². The standard InChI is InChI=1S/C15H31N3/c1-15(2)8-7-13(14(15)16-3)17(4)11-12-18-9-5-6-10-18/h13-14,16H,5-12H2,1-4H3. The van der Waals surface area contributed by atoms with E-state index in [4.69, 9.17) is 0 Å². The van der Waals surface area contributed by atoms with Gasteiger partial charge in [0, 0.05) is 25.2 Å². The van der Waals surface area contributed by atoms with E-state index in [1.807, 2.05) is 0 Å². The second-order valence-electron chi connectivity index (χ2n) is 6.89. The third-order valence-electron chi connectivity index (χ3n) is 5.16. The van der Waals surface area contributed by atoms with Crippen LogP contribution in [0.2, 0.25) is 0 Å². The van der Waals surface area contributed by atoms with Crippen LogP contribution in [0.3, 0.4) is 0 Å². The Balaban J connectivity index is 1.82. The summed E-state index contributed by atoms with van der Waals surface area (Å²) in [6.45, 7) is 9.92. The minimum atomic E-state index is 0.446. The maximum Gasteiger partial charge on any atom is 0.0271 e. The van der Waals surface area contributed by atoms with Gasteiger partial charge in [0.25, 0.3) is 0 Å². The highest BCUT2D eigenvalue weighted by atomic mass is 15.2. The van der Waals surface area contributed by atoms with E-state index in [9.17, 15) is 0 Å². The molecule has 0 aromatic rings. The third-order valence-corrected chi connectivity index (χ3v) is 5.16. The molecule has 0 bridgehead atoms. The quantitative estimate of drug-likeness (QED) is 0.806. The van der Waals surface area contributed by atoms with Crippen molar-refractivity contribution in [2.75, 3.05) is 40.3 Å². The molecule has 0 spiro atoms. The number of likely N-dealkylation sites (N-methyl/N-ethyl adjacent to an activating group) is 2. The van der Waals surface area contributed by atoms with Gasteiger partial charge in [-0.1, -0.05) is 13.8 Å². The van der Waals surface area contributed by atoms with Crippen LogP contribution in [0.1, 0.15) is 39.5 Å². The van der Waals surface area contributed by atoms with Crippen LogP contribution in [0.5, 0.6) is 0 Å². The van der Waals surface area contributed by atoms with E-state index < -0.39 is 0 Å². The molecule has 1 saturated heterocycles. The molecule has 2 atom stereocenters. The predicted octanol–water partition coefficient (Wildman–Crippen LogP) is 1.79. The molecule has 3 heteroatoms. The highest BCUT2D eigenvalue weighted by Crippen LogP contribution is 2.39. The molecular weight excluding hydrogens is 222 g/mol. The SMILES string of the molecule is CNC1C(N(C)CCN2CCCC2)CCC1(C)C. The number of hydrogen-bond acceptors (Lipinski definition) is 3. The largest absolute Gasteiger partial charge is 0.315 e. The zero-order valence-corrected chi connectivity index (χ0v) is 12.7. The number of nitrogens with zero attached hydrogens (tertiary/aromatic N) is 2. The van der Waals surface area contributed by atoms with Gasteiger partial charge in [-0.3, -0.25) is 0 Å². The lowest BCUT2D eigenvalue weighted by molar-refractivity contribution is 0.161. The molecule has 1 N–H and O–H groups in total. The van der Waals surface area contributed by atoms with Gasteiger partial charge in [-0.25, -0.2) is 0 Å². The van der Waals surface area contributed by atoms with Crippen molar-refractivity contribution < 1.29 is 0 Å². The van der Waals surface area contributed by atoms with Gasteiger partial charge in [-0.05, 0) is 58.3 Å². The van der Waals surface area contributed by atoms with Crippen molar-refractivity contribution in [3.63, 3.8) is 0 Å². The van der Waals surface area contributed by atoms with Crippen molar-refractivity contribution >= 4 is 0 Å². The molecule has 1 aliphatic heterocycles. The molecule has 1 aliphatic carbocycles. The molecule has 2 rings (SSSR count). The lowest BCUT2D eigenvalue weighted by atomic mass is 9.86. The molecule has 2 aliphatic rings. The predicted molar refractivity (Wildman–Crippen MR) is 78.0 cm³/mol. The summed E-state index contributed by atoms with van der Waals surface area (Å²) in [4.78, 5) is 5.21. The maximum atomic E-state index is 3.56. The van der Waals surface area contributed by atoms with E-state index in [1.54, 1.807) is 0 Å². The van der Waals surface area contributed by atoms with Crippen LogP contribution in [0.25, 0.3) is 0 Å². The fraction of sp³-hybridized carbons (Fsp3) is 1.00.